The highest BCUT2D eigenvalue weighted by molar-refractivity contribution is 6.19. The van der Waals surface area contributed by atoms with E-state index in [9.17, 15) is 9.59 Å². The van der Waals surface area contributed by atoms with Crippen molar-refractivity contribution in [2.24, 2.45) is 0 Å². The number of ketones is 1. The first-order valence-electron chi connectivity index (χ1n) is 4.59. The van der Waals surface area contributed by atoms with Crippen molar-refractivity contribution in [2.45, 2.75) is 13.2 Å². The molecular weight excluding hydrogens is 179 g/mol. The fourth-order valence-corrected chi connectivity index (χ4v) is 1.01. The Hall–Kier alpha value is -0.835. The Morgan fingerprint density at radius 1 is 1.21 bits per heavy atom. The first-order valence-corrected chi connectivity index (χ1v) is 4.59. The minimum atomic E-state index is -0.179. The summed E-state index contributed by atoms with van der Waals surface area (Å²) in [5.74, 6) is -0.201. The highest BCUT2D eigenvalue weighted by Crippen LogP contribution is 1.94. The lowest BCUT2D eigenvalue weighted by molar-refractivity contribution is -0.133. The van der Waals surface area contributed by atoms with Crippen LogP contribution in [-0.4, -0.2) is 63.1 Å². The maximum atomic E-state index is 11.3. The van der Waals surface area contributed by atoms with E-state index in [4.69, 9.17) is 7.85 Å². The zero-order valence-corrected chi connectivity index (χ0v) is 9.12. The minimum absolute atomic E-state index is 0.0226. The van der Waals surface area contributed by atoms with Gasteiger partial charge in [-0.15, -0.1) is 0 Å². The van der Waals surface area contributed by atoms with Gasteiger partial charge in [0.15, 0.2) is 0 Å². The van der Waals surface area contributed by atoms with Crippen molar-refractivity contribution in [3.05, 3.63) is 0 Å². The van der Waals surface area contributed by atoms with E-state index < -0.39 is 0 Å². The van der Waals surface area contributed by atoms with Crippen molar-refractivity contribution in [2.75, 3.05) is 33.7 Å². The first kappa shape index (κ1) is 13.2. The van der Waals surface area contributed by atoms with E-state index in [1.165, 1.54) is 11.8 Å². The van der Waals surface area contributed by atoms with Crippen LogP contribution in [0.15, 0.2) is 0 Å². The Morgan fingerprint density at radius 2 is 1.79 bits per heavy atom. The van der Waals surface area contributed by atoms with Crippen molar-refractivity contribution in [3.63, 3.8) is 0 Å². The molecule has 0 aromatic carbocycles. The molecule has 0 spiro atoms. The van der Waals surface area contributed by atoms with Crippen LogP contribution >= 0.6 is 0 Å². The molecule has 0 aromatic heterocycles. The lowest BCUT2D eigenvalue weighted by Gasteiger charge is -2.22. The summed E-state index contributed by atoms with van der Waals surface area (Å²) in [6, 6.07) is 0. The molecule has 0 bridgehead atoms. The molecule has 0 aliphatic rings. The lowest BCUT2D eigenvalue weighted by atomic mass is 10.0. The number of carbonyl (C=O) groups is 2. The van der Waals surface area contributed by atoms with Crippen molar-refractivity contribution in [1.29, 1.82) is 0 Å². The Morgan fingerprint density at radius 3 is 2.14 bits per heavy atom. The van der Waals surface area contributed by atoms with Gasteiger partial charge in [-0.05, 0) is 27.3 Å². The topological polar surface area (TPSA) is 40.6 Å². The van der Waals surface area contributed by atoms with Crippen LogP contribution in [-0.2, 0) is 9.59 Å². The molecule has 1 amide bonds. The number of hydrogen-bond donors (Lipinski definition) is 0. The maximum absolute atomic E-state index is 11.3. The van der Waals surface area contributed by atoms with Gasteiger partial charge in [-0.25, -0.2) is 0 Å². The number of nitrogens with zero attached hydrogens (tertiary/aromatic N) is 2. The van der Waals surface area contributed by atoms with Crippen LogP contribution in [0.4, 0.5) is 0 Å². The van der Waals surface area contributed by atoms with Crippen molar-refractivity contribution < 1.29 is 9.59 Å². The highest BCUT2D eigenvalue weighted by Gasteiger charge is 2.12. The van der Waals surface area contributed by atoms with Crippen LogP contribution in [0.3, 0.4) is 0 Å². The zero-order valence-electron chi connectivity index (χ0n) is 9.12. The fraction of sp³-hybridized carbons (Fsp3) is 0.778. The second-order valence-electron chi connectivity index (χ2n) is 3.52. The molecule has 78 valence electrons. The van der Waals surface area contributed by atoms with Gasteiger partial charge in [-0.3, -0.25) is 9.59 Å². The summed E-state index contributed by atoms with van der Waals surface area (Å²) in [7, 11) is 9.07. The van der Waals surface area contributed by atoms with Crippen LogP contribution in [0, 0.1) is 0 Å². The molecule has 14 heavy (non-hydrogen) atoms. The molecule has 4 nitrogen and oxygen atoms in total. The average molecular weight is 196 g/mol. The van der Waals surface area contributed by atoms with E-state index in [0.717, 1.165) is 6.54 Å². The van der Waals surface area contributed by atoms with E-state index >= 15 is 0 Å². The van der Waals surface area contributed by atoms with Gasteiger partial charge in [-0.2, -0.15) is 0 Å². The summed E-state index contributed by atoms with van der Waals surface area (Å²) in [6.07, 6.45) is -0.0410. The van der Waals surface area contributed by atoms with E-state index in [1.807, 2.05) is 19.0 Å². The van der Waals surface area contributed by atoms with Gasteiger partial charge in [0.05, 0.1) is 14.4 Å². The fourth-order valence-electron chi connectivity index (χ4n) is 1.01. The second kappa shape index (κ2) is 6.59. The third kappa shape index (κ3) is 5.75. The molecule has 0 rings (SSSR count). The number of hydrogen-bond acceptors (Lipinski definition) is 3. The average Bonchev–Trinajstić information content (AvgIpc) is 2.10. The van der Waals surface area contributed by atoms with Crippen LogP contribution in [0.2, 0.25) is 6.32 Å². The van der Waals surface area contributed by atoms with Gasteiger partial charge in [0.25, 0.3) is 0 Å². The number of likely N-dealkylation sites (N-methyl/N-ethyl adjacent to an activating group) is 1. The first-order chi connectivity index (χ1) is 6.47. The van der Waals surface area contributed by atoms with Crippen LogP contribution in [0.1, 0.15) is 6.92 Å². The SMILES string of the molecule is [B]CC(=O)N(CCN(C)C)CC(C)=O. The lowest BCUT2D eigenvalue weighted by Crippen LogP contribution is -2.39. The predicted octanol–water partition coefficient (Wildman–Crippen LogP) is -0.448. The Bertz CT molecular complexity index is 207. The van der Waals surface area contributed by atoms with Crippen molar-refractivity contribution in [1.82, 2.24) is 9.80 Å². The van der Waals surface area contributed by atoms with Gasteiger partial charge in [0.1, 0.15) is 5.78 Å². The third-order valence-electron chi connectivity index (χ3n) is 1.76. The summed E-state index contributed by atoms with van der Waals surface area (Å²) >= 11 is 0. The zero-order chi connectivity index (χ0) is 11.1. The van der Waals surface area contributed by atoms with Crippen LogP contribution < -0.4 is 0 Å². The quantitative estimate of drug-likeness (QED) is 0.540. The van der Waals surface area contributed by atoms with Crippen LogP contribution in [0.25, 0.3) is 0 Å². The summed E-state index contributed by atoms with van der Waals surface area (Å²) in [5, 5.41) is 0. The largest absolute Gasteiger partial charge is 0.335 e. The summed E-state index contributed by atoms with van der Waals surface area (Å²) < 4.78 is 0. The second-order valence-corrected chi connectivity index (χ2v) is 3.52. The maximum Gasteiger partial charge on any atom is 0.214 e. The van der Waals surface area contributed by atoms with E-state index in [2.05, 4.69) is 0 Å². The summed E-state index contributed by atoms with van der Waals surface area (Å²) in [5.41, 5.74) is 0. The van der Waals surface area contributed by atoms with Crippen molar-refractivity contribution >= 4 is 19.5 Å². The summed E-state index contributed by atoms with van der Waals surface area (Å²) in [6.45, 7) is 2.90. The van der Waals surface area contributed by atoms with Gasteiger partial charge in [0, 0.05) is 13.1 Å². The molecule has 0 heterocycles. The van der Waals surface area contributed by atoms with Gasteiger partial charge in [-0.1, -0.05) is 0 Å². The predicted molar refractivity (Wildman–Crippen MR) is 56.4 cm³/mol. The molecule has 0 aromatic rings. The molecule has 0 saturated heterocycles. The number of rotatable bonds is 6. The normalized spacial score (nSPS) is 10.3. The number of carbonyl (C=O) groups excluding carboxylic acids is 2. The van der Waals surface area contributed by atoms with E-state index in [-0.39, 0.29) is 24.6 Å². The number of Topliss-reactive ketones (excluding diaryl/α,β-unsaturated/α-hetero) is 1. The third-order valence-corrected chi connectivity index (χ3v) is 1.76. The number of amides is 1. The Labute approximate surface area is 86.7 Å². The molecule has 0 N–H and O–H groups in total. The van der Waals surface area contributed by atoms with Crippen LogP contribution in [0.5, 0.6) is 0 Å². The monoisotopic (exact) mass is 196 g/mol. The minimum Gasteiger partial charge on any atom is -0.335 e. The molecule has 0 fully saturated rings. The van der Waals surface area contributed by atoms with E-state index in [1.54, 1.807) is 0 Å². The Balaban J connectivity index is 4.10. The standard InChI is InChI=1S/C9H17BN2O2/c1-8(13)7-12(9(14)6-10)5-4-11(2)3/h4-7H2,1-3H3. The summed E-state index contributed by atoms with van der Waals surface area (Å²) in [4.78, 5) is 25.6. The molecule has 0 aliphatic carbocycles. The van der Waals surface area contributed by atoms with Gasteiger partial charge < -0.3 is 9.80 Å². The Kier molecular flexibility index (Phi) is 6.20. The smallest absolute Gasteiger partial charge is 0.214 e. The molecule has 0 aliphatic heterocycles. The highest BCUT2D eigenvalue weighted by atomic mass is 16.2. The molecule has 0 unspecified atom stereocenters. The molecule has 2 radical (unpaired) electrons. The van der Waals surface area contributed by atoms with E-state index in [0.29, 0.717) is 6.54 Å². The van der Waals surface area contributed by atoms with Gasteiger partial charge >= 0.3 is 0 Å². The molecular formula is C9H17BN2O2. The molecule has 0 atom stereocenters. The van der Waals surface area contributed by atoms with Gasteiger partial charge in [0.2, 0.25) is 5.91 Å². The molecule has 5 heteroatoms. The van der Waals surface area contributed by atoms with Crippen molar-refractivity contribution in [3.8, 4) is 0 Å². The molecule has 0 saturated carbocycles.